The fourth-order valence-electron chi connectivity index (χ4n) is 2.85. The lowest BCUT2D eigenvalue weighted by Crippen LogP contribution is -2.14. The van der Waals surface area contributed by atoms with Gasteiger partial charge in [-0.25, -0.2) is 0 Å². The number of hydrogen-bond donors (Lipinski definition) is 1. The van der Waals surface area contributed by atoms with E-state index in [2.05, 4.69) is 5.32 Å². The summed E-state index contributed by atoms with van der Waals surface area (Å²) in [7, 11) is 0. The van der Waals surface area contributed by atoms with Crippen LogP contribution in [0.2, 0.25) is 15.1 Å². The van der Waals surface area contributed by atoms with Crippen molar-refractivity contribution in [2.45, 2.75) is 12.8 Å². The lowest BCUT2D eigenvalue weighted by Gasteiger charge is -2.13. The number of benzene rings is 3. The Bertz CT molecular complexity index is 1280. The summed E-state index contributed by atoms with van der Waals surface area (Å²) < 4.78 is 44.6. The van der Waals surface area contributed by atoms with Crippen LogP contribution in [0.1, 0.15) is 16.7 Å². The number of nitriles is 1. The zero-order valence-electron chi connectivity index (χ0n) is 17.1. The molecule has 0 saturated carbocycles. The Kier molecular flexibility index (Phi) is 8.11. The minimum Gasteiger partial charge on any atom is -0.487 e. The molecule has 0 aliphatic carbocycles. The smallest absolute Gasteiger partial charge is 0.416 e. The van der Waals surface area contributed by atoms with Gasteiger partial charge in [0.05, 0.1) is 10.6 Å². The molecule has 10 heteroatoms. The van der Waals surface area contributed by atoms with Gasteiger partial charge in [-0.1, -0.05) is 53.0 Å². The molecule has 34 heavy (non-hydrogen) atoms. The number of carbonyl (C=O) groups is 1. The van der Waals surface area contributed by atoms with Gasteiger partial charge in [0.2, 0.25) is 0 Å². The second-order valence-electron chi connectivity index (χ2n) is 6.92. The van der Waals surface area contributed by atoms with Crippen molar-refractivity contribution in [1.82, 2.24) is 0 Å². The fraction of sp³-hybridized carbons (Fsp3) is 0.0833. The van der Waals surface area contributed by atoms with Crippen molar-refractivity contribution in [1.29, 1.82) is 5.26 Å². The monoisotopic (exact) mass is 524 g/mol. The van der Waals surface area contributed by atoms with Crippen molar-refractivity contribution in [3.05, 3.63) is 98.0 Å². The van der Waals surface area contributed by atoms with Crippen LogP contribution >= 0.6 is 34.8 Å². The molecule has 0 unspecified atom stereocenters. The molecule has 0 aliphatic heterocycles. The highest BCUT2D eigenvalue weighted by Gasteiger charge is 2.30. The molecule has 1 amide bonds. The fourth-order valence-corrected chi connectivity index (χ4v) is 3.54. The maximum Gasteiger partial charge on any atom is 0.416 e. The molecule has 3 aromatic carbocycles. The average Bonchev–Trinajstić information content (AvgIpc) is 2.77. The average molecular weight is 526 g/mol. The van der Waals surface area contributed by atoms with E-state index in [4.69, 9.17) is 39.5 Å². The third kappa shape index (κ3) is 6.67. The van der Waals surface area contributed by atoms with Gasteiger partial charge in [0.15, 0.2) is 0 Å². The summed E-state index contributed by atoms with van der Waals surface area (Å²) in [5, 5.41) is 12.7. The largest absolute Gasteiger partial charge is 0.487 e. The van der Waals surface area contributed by atoms with E-state index in [9.17, 15) is 23.2 Å². The number of halogens is 6. The summed E-state index contributed by atoms with van der Waals surface area (Å²) in [5.41, 5.74) is -0.431. The van der Waals surface area contributed by atoms with Crippen molar-refractivity contribution in [2.75, 3.05) is 5.32 Å². The third-order valence-electron chi connectivity index (χ3n) is 4.45. The molecule has 0 aromatic heterocycles. The van der Waals surface area contributed by atoms with Gasteiger partial charge >= 0.3 is 6.18 Å². The number of anilines is 1. The molecule has 3 rings (SSSR count). The number of hydrogen-bond acceptors (Lipinski definition) is 3. The number of carbonyl (C=O) groups excluding carboxylic acids is 1. The first-order valence-corrected chi connectivity index (χ1v) is 10.7. The van der Waals surface area contributed by atoms with Gasteiger partial charge < -0.3 is 10.1 Å². The first-order valence-electron chi connectivity index (χ1n) is 9.53. The van der Waals surface area contributed by atoms with E-state index in [1.165, 1.54) is 24.3 Å². The highest BCUT2D eigenvalue weighted by Crippen LogP contribution is 2.35. The highest BCUT2D eigenvalue weighted by atomic mass is 35.5. The quantitative estimate of drug-likeness (QED) is 0.264. The van der Waals surface area contributed by atoms with Crippen LogP contribution in [-0.4, -0.2) is 5.91 Å². The second-order valence-corrected chi connectivity index (χ2v) is 8.20. The number of alkyl halides is 3. The van der Waals surface area contributed by atoms with E-state index >= 15 is 0 Å². The zero-order valence-corrected chi connectivity index (χ0v) is 19.4. The van der Waals surface area contributed by atoms with E-state index in [0.29, 0.717) is 5.02 Å². The molecular formula is C24H14Cl3F3N2O2. The maximum absolute atomic E-state index is 12.9. The van der Waals surface area contributed by atoms with Crippen LogP contribution in [0.4, 0.5) is 18.9 Å². The van der Waals surface area contributed by atoms with Gasteiger partial charge in [-0.15, -0.1) is 0 Å². The van der Waals surface area contributed by atoms with Crippen molar-refractivity contribution in [2.24, 2.45) is 0 Å². The van der Waals surface area contributed by atoms with Gasteiger partial charge in [-0.2, -0.15) is 18.4 Å². The number of nitrogens with zero attached hydrogens (tertiary/aromatic N) is 1. The number of nitrogens with one attached hydrogen (secondary N) is 1. The summed E-state index contributed by atoms with van der Waals surface area (Å²) in [6, 6.07) is 15.6. The van der Waals surface area contributed by atoms with Crippen molar-refractivity contribution in [3.8, 4) is 11.8 Å². The second kappa shape index (κ2) is 10.8. The molecule has 4 nitrogen and oxygen atoms in total. The van der Waals surface area contributed by atoms with Crippen LogP contribution in [0.15, 0.2) is 66.2 Å². The van der Waals surface area contributed by atoms with Crippen molar-refractivity contribution in [3.63, 3.8) is 0 Å². The normalized spacial score (nSPS) is 11.6. The molecule has 0 radical (unpaired) electrons. The summed E-state index contributed by atoms with van der Waals surface area (Å²) in [6.07, 6.45) is -3.39. The van der Waals surface area contributed by atoms with Crippen molar-refractivity contribution < 1.29 is 22.7 Å². The van der Waals surface area contributed by atoms with Crippen molar-refractivity contribution >= 4 is 52.5 Å². The van der Waals surface area contributed by atoms with Crippen LogP contribution in [0.5, 0.6) is 5.75 Å². The third-order valence-corrected chi connectivity index (χ3v) is 5.20. The number of ether oxygens (including phenoxy) is 1. The van der Waals surface area contributed by atoms with Gasteiger partial charge in [-0.05, 0) is 54.1 Å². The van der Waals surface area contributed by atoms with Crippen LogP contribution in [-0.2, 0) is 17.6 Å². The predicted molar refractivity (Wildman–Crippen MR) is 126 cm³/mol. The highest BCUT2D eigenvalue weighted by molar-refractivity contribution is 6.36. The van der Waals surface area contributed by atoms with E-state index in [1.54, 1.807) is 30.3 Å². The Balaban J connectivity index is 1.88. The molecule has 0 spiro atoms. The zero-order chi connectivity index (χ0) is 24.9. The Labute approximate surface area is 208 Å². The lowest BCUT2D eigenvalue weighted by molar-refractivity contribution is -0.137. The summed E-state index contributed by atoms with van der Waals surface area (Å²) in [5.74, 6) is -0.748. The molecular weight excluding hydrogens is 512 g/mol. The Hall–Kier alpha value is -3.18. The first kappa shape index (κ1) is 25.4. The van der Waals surface area contributed by atoms with E-state index < -0.39 is 23.2 Å². The summed E-state index contributed by atoms with van der Waals surface area (Å²) in [6.45, 7) is 0.109. The van der Waals surface area contributed by atoms with Crippen LogP contribution < -0.4 is 10.1 Å². The Morgan fingerprint density at radius 1 is 1.03 bits per heavy atom. The molecule has 0 fully saturated rings. The van der Waals surface area contributed by atoms with Gasteiger partial charge in [0.1, 0.15) is 24.0 Å². The van der Waals surface area contributed by atoms with E-state index in [0.717, 1.165) is 23.8 Å². The minimum absolute atomic E-state index is 0.109. The number of amides is 1. The molecule has 0 atom stereocenters. The molecule has 1 N–H and O–H groups in total. The molecule has 174 valence electrons. The van der Waals surface area contributed by atoms with Crippen LogP contribution in [0, 0.1) is 11.3 Å². The SMILES string of the molecule is N#C/C(=C\c1cc(Cl)cc(Cl)c1OCc1ccc(Cl)cc1)C(=O)Nc1cccc(C(F)(F)F)c1. The summed E-state index contributed by atoms with van der Waals surface area (Å²) in [4.78, 5) is 12.6. The van der Waals surface area contributed by atoms with E-state index in [-0.39, 0.29) is 33.7 Å². The number of rotatable bonds is 6. The maximum atomic E-state index is 12.9. The summed E-state index contributed by atoms with van der Waals surface area (Å²) >= 11 is 18.2. The first-order chi connectivity index (χ1) is 16.1. The van der Waals surface area contributed by atoms with Gasteiger partial charge in [0.25, 0.3) is 5.91 Å². The molecule has 0 aliphatic rings. The minimum atomic E-state index is -4.58. The van der Waals surface area contributed by atoms with Crippen LogP contribution in [0.3, 0.4) is 0 Å². The van der Waals surface area contributed by atoms with Gasteiger partial charge in [-0.3, -0.25) is 4.79 Å². The molecule has 0 saturated heterocycles. The Morgan fingerprint density at radius 3 is 2.38 bits per heavy atom. The Morgan fingerprint density at radius 2 is 1.74 bits per heavy atom. The molecule has 0 heterocycles. The predicted octanol–water partition coefficient (Wildman–Crippen LogP) is 7.79. The molecule has 3 aromatic rings. The van der Waals surface area contributed by atoms with E-state index in [1.807, 2.05) is 0 Å². The lowest BCUT2D eigenvalue weighted by atomic mass is 10.1. The molecule has 0 bridgehead atoms. The topological polar surface area (TPSA) is 62.1 Å². The van der Waals surface area contributed by atoms with Gasteiger partial charge in [0, 0.05) is 21.3 Å². The standard InChI is InChI=1S/C24H14Cl3F3N2O2/c25-18-6-4-14(5-7-18)13-34-22-15(9-19(26)11-21(22)27)8-16(12-31)23(33)32-20-3-1-2-17(10-20)24(28,29)30/h1-11H,13H2,(H,32,33)/b16-8+. The van der Waals surface area contributed by atoms with Crippen LogP contribution in [0.25, 0.3) is 6.08 Å².